The van der Waals surface area contributed by atoms with Gasteiger partial charge >= 0.3 is 0 Å². The number of guanidine groups is 1. The quantitative estimate of drug-likeness (QED) is 0.572. The highest BCUT2D eigenvalue weighted by Crippen LogP contribution is 2.14. The summed E-state index contributed by atoms with van der Waals surface area (Å²) < 4.78 is 51.8. The number of sulfonamides is 1. The Morgan fingerprint density at radius 1 is 1.31 bits per heavy atom. The smallest absolute Gasteiger partial charge is 0.213 e. The van der Waals surface area contributed by atoms with Crippen molar-refractivity contribution in [1.82, 2.24) is 14.9 Å². The molecule has 1 aromatic carbocycles. The number of nitrogens with one attached hydrogen (secondary N) is 2. The van der Waals surface area contributed by atoms with Gasteiger partial charge in [0.25, 0.3) is 0 Å². The molecule has 6 nitrogen and oxygen atoms in total. The van der Waals surface area contributed by atoms with Crippen LogP contribution < -0.4 is 10.6 Å². The van der Waals surface area contributed by atoms with Crippen LogP contribution in [0.25, 0.3) is 0 Å². The first kappa shape index (κ1) is 20.6. The lowest BCUT2D eigenvalue weighted by Crippen LogP contribution is -2.50. The summed E-state index contributed by atoms with van der Waals surface area (Å²) in [6.07, 6.45) is 1.80. The molecule has 0 bridgehead atoms. The fraction of sp³-hybridized carbons (Fsp3) is 0.588. The second kappa shape index (κ2) is 9.27. The Morgan fingerprint density at radius 3 is 2.58 bits per heavy atom. The summed E-state index contributed by atoms with van der Waals surface area (Å²) in [5, 5.41) is 6.38. The van der Waals surface area contributed by atoms with Crippen molar-refractivity contribution in [2.24, 2.45) is 4.99 Å². The van der Waals surface area contributed by atoms with E-state index in [1.54, 1.807) is 14.0 Å². The van der Waals surface area contributed by atoms with Crippen LogP contribution in [0.2, 0.25) is 0 Å². The lowest BCUT2D eigenvalue weighted by Gasteiger charge is -2.32. The number of hydrogen-bond donors (Lipinski definition) is 2. The van der Waals surface area contributed by atoms with Gasteiger partial charge in [-0.1, -0.05) is 6.07 Å². The van der Waals surface area contributed by atoms with Gasteiger partial charge in [-0.2, -0.15) is 0 Å². The molecule has 2 N–H and O–H groups in total. The van der Waals surface area contributed by atoms with Crippen LogP contribution in [0.3, 0.4) is 0 Å². The SMILES string of the molecule is CCS(=O)(=O)N1CCC(NC(=NC)NCCc2ccc(F)cc2F)CC1. The predicted molar refractivity (Wildman–Crippen MR) is 98.6 cm³/mol. The average molecular weight is 388 g/mol. The molecule has 26 heavy (non-hydrogen) atoms. The molecule has 0 amide bonds. The third-order valence-electron chi connectivity index (χ3n) is 4.48. The molecule has 1 saturated heterocycles. The maximum Gasteiger partial charge on any atom is 0.213 e. The summed E-state index contributed by atoms with van der Waals surface area (Å²) in [6.45, 7) is 3.08. The van der Waals surface area contributed by atoms with Crippen LogP contribution in [-0.2, 0) is 16.4 Å². The van der Waals surface area contributed by atoms with Crippen molar-refractivity contribution in [1.29, 1.82) is 0 Å². The van der Waals surface area contributed by atoms with E-state index in [4.69, 9.17) is 0 Å². The summed E-state index contributed by atoms with van der Waals surface area (Å²) >= 11 is 0. The zero-order valence-corrected chi connectivity index (χ0v) is 16.0. The molecule has 1 aliphatic rings. The van der Waals surface area contributed by atoms with Gasteiger partial charge in [0, 0.05) is 38.8 Å². The molecule has 146 valence electrons. The van der Waals surface area contributed by atoms with Gasteiger partial charge in [-0.3, -0.25) is 4.99 Å². The van der Waals surface area contributed by atoms with E-state index in [1.165, 1.54) is 16.4 Å². The Morgan fingerprint density at radius 2 is 2.00 bits per heavy atom. The fourth-order valence-corrected chi connectivity index (χ4v) is 4.02. The molecular weight excluding hydrogens is 362 g/mol. The van der Waals surface area contributed by atoms with Gasteiger partial charge in [-0.05, 0) is 37.8 Å². The maximum atomic E-state index is 13.6. The number of benzene rings is 1. The third-order valence-corrected chi connectivity index (χ3v) is 6.36. The van der Waals surface area contributed by atoms with Gasteiger partial charge in [0.15, 0.2) is 5.96 Å². The second-order valence-corrected chi connectivity index (χ2v) is 8.46. The Hall–Kier alpha value is -1.74. The summed E-state index contributed by atoms with van der Waals surface area (Å²) in [7, 11) is -1.49. The van der Waals surface area contributed by atoms with Crippen molar-refractivity contribution in [2.45, 2.75) is 32.2 Å². The Labute approximate surface area is 153 Å². The first-order valence-electron chi connectivity index (χ1n) is 8.74. The standard InChI is InChI=1S/C17H26F2N4O2S/c1-3-26(24,25)23-10-7-15(8-11-23)22-17(20-2)21-9-6-13-4-5-14(18)12-16(13)19/h4-5,12,15H,3,6-11H2,1-2H3,(H2,20,21,22). The minimum absolute atomic E-state index is 0.119. The summed E-state index contributed by atoms with van der Waals surface area (Å²) in [5.41, 5.74) is 0.437. The third kappa shape index (κ3) is 5.63. The summed E-state index contributed by atoms with van der Waals surface area (Å²) in [5.74, 6) is -0.439. The number of piperidine rings is 1. The minimum Gasteiger partial charge on any atom is -0.356 e. The second-order valence-electron chi connectivity index (χ2n) is 6.20. The molecule has 2 rings (SSSR count). The Kier molecular flexibility index (Phi) is 7.33. The Balaban J connectivity index is 1.78. The molecule has 1 aromatic rings. The van der Waals surface area contributed by atoms with Gasteiger partial charge in [-0.15, -0.1) is 0 Å². The van der Waals surface area contributed by atoms with E-state index in [0.717, 1.165) is 6.07 Å². The molecule has 0 aromatic heterocycles. The summed E-state index contributed by atoms with van der Waals surface area (Å²) in [4.78, 5) is 4.14. The van der Waals surface area contributed by atoms with Crippen molar-refractivity contribution < 1.29 is 17.2 Å². The first-order chi connectivity index (χ1) is 12.4. The number of hydrogen-bond acceptors (Lipinski definition) is 3. The van der Waals surface area contributed by atoms with E-state index in [0.29, 0.717) is 50.4 Å². The molecule has 1 fully saturated rings. The molecule has 0 spiro atoms. The summed E-state index contributed by atoms with van der Waals surface area (Å²) in [6, 6.07) is 3.68. The molecular formula is C17H26F2N4O2S. The van der Waals surface area contributed by atoms with Crippen molar-refractivity contribution in [3.8, 4) is 0 Å². The van der Waals surface area contributed by atoms with Gasteiger partial charge in [-0.25, -0.2) is 21.5 Å². The maximum absolute atomic E-state index is 13.6. The average Bonchev–Trinajstić information content (AvgIpc) is 2.63. The van der Waals surface area contributed by atoms with Crippen LogP contribution in [0.15, 0.2) is 23.2 Å². The number of nitrogens with zero attached hydrogens (tertiary/aromatic N) is 2. The van der Waals surface area contributed by atoms with Crippen molar-refractivity contribution in [3.05, 3.63) is 35.4 Å². The van der Waals surface area contributed by atoms with E-state index >= 15 is 0 Å². The highest BCUT2D eigenvalue weighted by molar-refractivity contribution is 7.89. The van der Waals surface area contributed by atoms with E-state index in [9.17, 15) is 17.2 Å². The predicted octanol–water partition coefficient (Wildman–Crippen LogP) is 1.49. The van der Waals surface area contributed by atoms with Crippen LogP contribution in [0.1, 0.15) is 25.3 Å². The molecule has 9 heteroatoms. The number of aliphatic imine (C=N–C) groups is 1. The van der Waals surface area contributed by atoms with Gasteiger partial charge in [0.05, 0.1) is 5.75 Å². The van der Waals surface area contributed by atoms with E-state index in [1.807, 2.05) is 0 Å². The minimum atomic E-state index is -3.13. The van der Waals surface area contributed by atoms with Crippen molar-refractivity contribution in [2.75, 3.05) is 32.4 Å². The molecule has 0 aliphatic carbocycles. The normalized spacial score (nSPS) is 17.3. The number of halogens is 2. The number of rotatable bonds is 6. The van der Waals surface area contributed by atoms with Crippen molar-refractivity contribution >= 4 is 16.0 Å². The zero-order valence-electron chi connectivity index (χ0n) is 15.1. The fourth-order valence-electron chi connectivity index (χ4n) is 2.89. The topological polar surface area (TPSA) is 73.8 Å². The molecule has 0 radical (unpaired) electrons. The van der Waals surface area contributed by atoms with Gasteiger partial charge in [0.2, 0.25) is 10.0 Å². The molecule has 0 atom stereocenters. The van der Waals surface area contributed by atoms with E-state index < -0.39 is 21.7 Å². The highest BCUT2D eigenvalue weighted by Gasteiger charge is 2.26. The van der Waals surface area contributed by atoms with Gasteiger partial charge < -0.3 is 10.6 Å². The van der Waals surface area contributed by atoms with Crippen LogP contribution >= 0.6 is 0 Å². The van der Waals surface area contributed by atoms with Crippen LogP contribution in [0.4, 0.5) is 8.78 Å². The zero-order chi connectivity index (χ0) is 19.2. The lowest BCUT2D eigenvalue weighted by atomic mass is 10.1. The Bertz CT molecular complexity index is 732. The van der Waals surface area contributed by atoms with Gasteiger partial charge in [0.1, 0.15) is 11.6 Å². The molecule has 0 saturated carbocycles. The molecule has 0 unspecified atom stereocenters. The first-order valence-corrected chi connectivity index (χ1v) is 10.4. The highest BCUT2D eigenvalue weighted by atomic mass is 32.2. The van der Waals surface area contributed by atoms with Crippen molar-refractivity contribution in [3.63, 3.8) is 0 Å². The largest absolute Gasteiger partial charge is 0.356 e. The van der Waals surface area contributed by atoms with Crippen LogP contribution in [-0.4, -0.2) is 57.2 Å². The molecule has 1 heterocycles. The van der Waals surface area contributed by atoms with E-state index in [-0.39, 0.29) is 11.8 Å². The van der Waals surface area contributed by atoms with Crippen LogP contribution in [0, 0.1) is 11.6 Å². The van der Waals surface area contributed by atoms with E-state index in [2.05, 4.69) is 15.6 Å². The van der Waals surface area contributed by atoms with Crippen LogP contribution in [0.5, 0.6) is 0 Å². The molecule has 1 aliphatic heterocycles. The monoisotopic (exact) mass is 388 g/mol. The lowest BCUT2D eigenvalue weighted by molar-refractivity contribution is 0.306.